The van der Waals surface area contributed by atoms with Crippen LogP contribution in [0.4, 0.5) is 18.9 Å². The van der Waals surface area contributed by atoms with Gasteiger partial charge in [0, 0.05) is 29.9 Å². The summed E-state index contributed by atoms with van der Waals surface area (Å²) in [4.78, 5) is 7.53. The van der Waals surface area contributed by atoms with E-state index >= 15 is 0 Å². The number of halogens is 3. The van der Waals surface area contributed by atoms with Crippen molar-refractivity contribution in [3.8, 4) is 5.75 Å². The molecule has 0 aliphatic rings. The summed E-state index contributed by atoms with van der Waals surface area (Å²) >= 11 is 0. The van der Waals surface area contributed by atoms with Gasteiger partial charge in [-0.3, -0.25) is 4.99 Å². The quantitative estimate of drug-likeness (QED) is 0.474. The molecular weight excluding hydrogens is 345 g/mol. The number of alkyl halides is 3. The minimum Gasteiger partial charge on any atom is -0.406 e. The SMILES string of the molecule is NC(=NCCc1cc2ccccc2[nH]1)Nc1ccc(OC(F)(F)F)cc1. The minimum absolute atomic E-state index is 0.186. The number of hydrogen-bond acceptors (Lipinski definition) is 2. The van der Waals surface area contributed by atoms with E-state index in [2.05, 4.69) is 26.1 Å². The third-order valence-electron chi connectivity index (χ3n) is 3.61. The molecule has 1 aromatic heterocycles. The van der Waals surface area contributed by atoms with Gasteiger partial charge >= 0.3 is 6.36 Å². The first-order valence-electron chi connectivity index (χ1n) is 7.88. The fourth-order valence-corrected chi connectivity index (χ4v) is 2.49. The van der Waals surface area contributed by atoms with Gasteiger partial charge in [0.1, 0.15) is 5.75 Å². The van der Waals surface area contributed by atoms with Crippen LogP contribution in [0.15, 0.2) is 59.6 Å². The van der Waals surface area contributed by atoms with Crippen molar-refractivity contribution in [1.82, 2.24) is 4.98 Å². The standard InChI is InChI=1S/C18H17F3N4O/c19-18(20,21)26-15-7-5-13(6-8-15)25-17(22)23-10-9-14-11-12-3-1-2-4-16(12)24-14/h1-8,11,24H,9-10H2,(H3,22,23,25). The molecule has 0 spiro atoms. The minimum atomic E-state index is -4.71. The molecule has 5 nitrogen and oxygen atoms in total. The Balaban J connectivity index is 1.53. The van der Waals surface area contributed by atoms with Crippen LogP contribution in [0.25, 0.3) is 10.9 Å². The maximum Gasteiger partial charge on any atom is 0.573 e. The van der Waals surface area contributed by atoms with E-state index in [9.17, 15) is 13.2 Å². The molecule has 3 rings (SSSR count). The van der Waals surface area contributed by atoms with Crippen LogP contribution in [-0.4, -0.2) is 23.9 Å². The lowest BCUT2D eigenvalue weighted by Crippen LogP contribution is -2.23. The number of fused-ring (bicyclic) bond motifs is 1. The molecule has 0 atom stereocenters. The summed E-state index contributed by atoms with van der Waals surface area (Å²) in [5.74, 6) is -0.108. The number of rotatable bonds is 5. The lowest BCUT2D eigenvalue weighted by atomic mass is 10.2. The summed E-state index contributed by atoms with van der Waals surface area (Å²) in [6, 6.07) is 15.3. The van der Waals surface area contributed by atoms with Crippen molar-refractivity contribution in [3.05, 3.63) is 60.3 Å². The molecule has 0 aliphatic heterocycles. The molecule has 0 amide bonds. The van der Waals surface area contributed by atoms with Crippen LogP contribution in [0.3, 0.4) is 0 Å². The third-order valence-corrected chi connectivity index (χ3v) is 3.61. The second-order valence-corrected chi connectivity index (χ2v) is 5.60. The van der Waals surface area contributed by atoms with Crippen molar-refractivity contribution in [1.29, 1.82) is 0 Å². The second-order valence-electron chi connectivity index (χ2n) is 5.60. The first-order valence-corrected chi connectivity index (χ1v) is 7.88. The molecule has 0 aliphatic carbocycles. The molecular formula is C18H17F3N4O. The maximum atomic E-state index is 12.1. The van der Waals surface area contributed by atoms with Crippen LogP contribution in [0.2, 0.25) is 0 Å². The zero-order chi connectivity index (χ0) is 18.6. The lowest BCUT2D eigenvalue weighted by Gasteiger charge is -2.10. The Morgan fingerprint density at radius 1 is 1.12 bits per heavy atom. The van der Waals surface area contributed by atoms with Crippen molar-refractivity contribution < 1.29 is 17.9 Å². The van der Waals surface area contributed by atoms with Gasteiger partial charge in [-0.05, 0) is 41.8 Å². The smallest absolute Gasteiger partial charge is 0.406 e. The number of benzene rings is 2. The molecule has 0 saturated heterocycles. The van der Waals surface area contributed by atoms with Crippen molar-refractivity contribution in [2.75, 3.05) is 11.9 Å². The summed E-state index contributed by atoms with van der Waals surface area (Å²) in [7, 11) is 0. The second kappa shape index (κ2) is 7.38. The zero-order valence-corrected chi connectivity index (χ0v) is 13.7. The molecule has 0 fully saturated rings. The van der Waals surface area contributed by atoms with Gasteiger partial charge in [-0.25, -0.2) is 0 Å². The van der Waals surface area contributed by atoms with E-state index in [0.717, 1.165) is 16.6 Å². The Kier molecular flexibility index (Phi) is 5.01. The number of aromatic amines is 1. The fourth-order valence-electron chi connectivity index (χ4n) is 2.49. The summed E-state index contributed by atoms with van der Waals surface area (Å²) in [5, 5.41) is 3.96. The average Bonchev–Trinajstić information content (AvgIpc) is 2.98. The van der Waals surface area contributed by atoms with Gasteiger partial charge in [-0.1, -0.05) is 18.2 Å². The first kappa shape index (κ1) is 17.7. The number of ether oxygens (including phenoxy) is 1. The highest BCUT2D eigenvalue weighted by Crippen LogP contribution is 2.23. The molecule has 1 heterocycles. The van der Waals surface area contributed by atoms with Gasteiger partial charge in [0.25, 0.3) is 0 Å². The van der Waals surface area contributed by atoms with E-state index in [1.54, 1.807) is 0 Å². The summed E-state index contributed by atoms with van der Waals surface area (Å²) < 4.78 is 40.2. The van der Waals surface area contributed by atoms with E-state index < -0.39 is 6.36 Å². The number of nitrogens with zero attached hydrogens (tertiary/aromatic N) is 1. The van der Waals surface area contributed by atoms with Gasteiger partial charge in [0.05, 0.1) is 0 Å². The maximum absolute atomic E-state index is 12.1. The predicted molar refractivity (Wildman–Crippen MR) is 95.2 cm³/mol. The number of anilines is 1. The van der Waals surface area contributed by atoms with Crippen LogP contribution in [-0.2, 0) is 6.42 Å². The molecule has 8 heteroatoms. The van der Waals surface area contributed by atoms with Crippen LogP contribution in [0, 0.1) is 0 Å². The third kappa shape index (κ3) is 4.92. The Labute approximate surface area is 147 Å². The van der Waals surface area contributed by atoms with Crippen molar-refractivity contribution in [2.24, 2.45) is 10.7 Å². The number of aromatic nitrogens is 1. The molecule has 0 saturated carbocycles. The highest BCUT2D eigenvalue weighted by Gasteiger charge is 2.30. The van der Waals surface area contributed by atoms with E-state index in [1.165, 1.54) is 24.3 Å². The monoisotopic (exact) mass is 362 g/mol. The lowest BCUT2D eigenvalue weighted by molar-refractivity contribution is -0.274. The number of guanidine groups is 1. The number of para-hydroxylation sites is 1. The van der Waals surface area contributed by atoms with Crippen molar-refractivity contribution >= 4 is 22.5 Å². The normalized spacial score (nSPS) is 12.3. The Morgan fingerprint density at radius 2 is 1.85 bits per heavy atom. The van der Waals surface area contributed by atoms with Crippen LogP contribution in [0.5, 0.6) is 5.75 Å². The number of nitrogens with one attached hydrogen (secondary N) is 2. The molecule has 0 radical (unpaired) electrons. The first-order chi connectivity index (χ1) is 12.4. The van der Waals surface area contributed by atoms with E-state index in [4.69, 9.17) is 5.73 Å². The average molecular weight is 362 g/mol. The van der Waals surface area contributed by atoms with Gasteiger partial charge in [-0.2, -0.15) is 0 Å². The highest BCUT2D eigenvalue weighted by atomic mass is 19.4. The molecule has 0 bridgehead atoms. The summed E-state index contributed by atoms with van der Waals surface area (Å²) in [6.07, 6.45) is -4.02. The van der Waals surface area contributed by atoms with E-state index in [-0.39, 0.29) is 11.7 Å². The number of aliphatic imine (C=N–C) groups is 1. The van der Waals surface area contributed by atoms with Crippen LogP contribution < -0.4 is 15.8 Å². The van der Waals surface area contributed by atoms with Crippen molar-refractivity contribution in [2.45, 2.75) is 12.8 Å². The number of hydrogen-bond donors (Lipinski definition) is 3. The zero-order valence-electron chi connectivity index (χ0n) is 13.7. The largest absolute Gasteiger partial charge is 0.573 e. The molecule has 4 N–H and O–H groups in total. The summed E-state index contributed by atoms with van der Waals surface area (Å²) in [6.45, 7) is 0.473. The number of nitrogens with two attached hydrogens (primary N) is 1. The molecule has 2 aromatic carbocycles. The van der Waals surface area contributed by atoms with Crippen LogP contribution >= 0.6 is 0 Å². The Morgan fingerprint density at radius 3 is 2.54 bits per heavy atom. The molecule has 3 aromatic rings. The highest BCUT2D eigenvalue weighted by molar-refractivity contribution is 5.92. The Hall–Kier alpha value is -3.16. The van der Waals surface area contributed by atoms with Gasteiger partial charge in [-0.15, -0.1) is 13.2 Å². The predicted octanol–water partition coefficient (Wildman–Crippen LogP) is 4.04. The van der Waals surface area contributed by atoms with E-state index in [0.29, 0.717) is 18.7 Å². The molecule has 136 valence electrons. The van der Waals surface area contributed by atoms with Gasteiger partial charge in [0.15, 0.2) is 5.96 Å². The topological polar surface area (TPSA) is 75.4 Å². The fraction of sp³-hybridized carbons (Fsp3) is 0.167. The number of H-pyrrole nitrogens is 1. The van der Waals surface area contributed by atoms with E-state index in [1.807, 2.05) is 24.3 Å². The van der Waals surface area contributed by atoms with Gasteiger partial charge < -0.3 is 20.8 Å². The van der Waals surface area contributed by atoms with Crippen molar-refractivity contribution in [3.63, 3.8) is 0 Å². The molecule has 0 unspecified atom stereocenters. The van der Waals surface area contributed by atoms with Crippen LogP contribution in [0.1, 0.15) is 5.69 Å². The summed E-state index contributed by atoms with van der Waals surface area (Å²) in [5.41, 5.74) is 8.44. The Bertz CT molecular complexity index is 868. The molecule has 26 heavy (non-hydrogen) atoms. The van der Waals surface area contributed by atoms with Gasteiger partial charge in [0.2, 0.25) is 0 Å².